The third-order valence-corrected chi connectivity index (χ3v) is 2.80. The first-order chi connectivity index (χ1) is 10.1. The molecule has 114 valence electrons. The number of ether oxygens (including phenoxy) is 1. The van der Waals surface area contributed by atoms with Crippen molar-refractivity contribution >= 4 is 18.3 Å². The number of hydrazine groups is 1. The lowest BCUT2D eigenvalue weighted by Crippen LogP contribution is -2.49. The summed E-state index contributed by atoms with van der Waals surface area (Å²) in [6.45, 7) is 1.73. The van der Waals surface area contributed by atoms with Gasteiger partial charge in [0.1, 0.15) is 18.9 Å². The van der Waals surface area contributed by atoms with Crippen molar-refractivity contribution in [1.82, 2.24) is 10.7 Å². The number of rotatable bonds is 7. The molecule has 0 radical (unpaired) electrons. The van der Waals surface area contributed by atoms with E-state index in [0.29, 0.717) is 6.29 Å². The third-order valence-electron chi connectivity index (χ3n) is 2.80. The maximum atomic E-state index is 11.7. The van der Waals surface area contributed by atoms with Gasteiger partial charge in [0.05, 0.1) is 0 Å². The fraction of sp³-hybridized carbons (Fsp3) is 0.357. The normalized spacial score (nSPS) is 12.9. The van der Waals surface area contributed by atoms with E-state index in [1.807, 2.05) is 35.8 Å². The van der Waals surface area contributed by atoms with Crippen LogP contribution < -0.4 is 16.6 Å². The molecule has 0 bridgehead atoms. The highest BCUT2D eigenvalue weighted by Gasteiger charge is 2.23. The topological polar surface area (TPSA) is 111 Å². The molecule has 0 heterocycles. The second-order valence-corrected chi connectivity index (χ2v) is 4.62. The van der Waals surface area contributed by atoms with Gasteiger partial charge in [0.15, 0.2) is 0 Å². The molecule has 7 nitrogen and oxygen atoms in total. The molecule has 0 spiro atoms. The molecule has 0 fully saturated rings. The van der Waals surface area contributed by atoms with E-state index in [1.54, 1.807) is 6.92 Å². The number of benzene rings is 1. The van der Waals surface area contributed by atoms with Crippen LogP contribution in [0.1, 0.15) is 18.9 Å². The molecule has 1 aromatic carbocycles. The van der Waals surface area contributed by atoms with Gasteiger partial charge < -0.3 is 14.8 Å². The Balaban J connectivity index is 2.51. The van der Waals surface area contributed by atoms with Crippen LogP contribution in [0.4, 0.5) is 4.79 Å². The Morgan fingerprint density at radius 1 is 1.33 bits per heavy atom. The van der Waals surface area contributed by atoms with Crippen molar-refractivity contribution < 1.29 is 19.1 Å². The number of carbonyl (C=O) groups is 3. The molecule has 0 aliphatic heterocycles. The summed E-state index contributed by atoms with van der Waals surface area (Å²) < 4.78 is 5.01. The van der Waals surface area contributed by atoms with Crippen molar-refractivity contribution in [2.75, 3.05) is 0 Å². The molecule has 2 atom stereocenters. The zero-order valence-corrected chi connectivity index (χ0v) is 11.7. The van der Waals surface area contributed by atoms with Crippen LogP contribution in [0, 0.1) is 5.92 Å². The highest BCUT2D eigenvalue weighted by Crippen LogP contribution is 2.05. The second-order valence-electron chi connectivity index (χ2n) is 4.62. The minimum Gasteiger partial charge on any atom is -0.445 e. The zero-order chi connectivity index (χ0) is 15.7. The molecular formula is C14H19N3O4. The number of carbonyl (C=O) groups excluding carboxylic acids is 3. The van der Waals surface area contributed by atoms with Crippen LogP contribution in [-0.2, 0) is 20.9 Å². The summed E-state index contributed by atoms with van der Waals surface area (Å²) in [6, 6.07) is 8.21. The first kappa shape index (κ1) is 16.6. The highest BCUT2D eigenvalue weighted by molar-refractivity contribution is 5.85. The van der Waals surface area contributed by atoms with Crippen LogP contribution in [0.25, 0.3) is 0 Å². The summed E-state index contributed by atoms with van der Waals surface area (Å²) in [5.41, 5.74) is 2.78. The predicted molar refractivity (Wildman–Crippen MR) is 75.7 cm³/mol. The largest absolute Gasteiger partial charge is 0.445 e. The molecule has 21 heavy (non-hydrogen) atoms. The van der Waals surface area contributed by atoms with Gasteiger partial charge in [-0.3, -0.25) is 10.2 Å². The quantitative estimate of drug-likeness (QED) is 0.293. The number of amides is 2. The number of nitrogens with two attached hydrogens (primary N) is 1. The van der Waals surface area contributed by atoms with Crippen molar-refractivity contribution in [3.05, 3.63) is 35.9 Å². The van der Waals surface area contributed by atoms with E-state index in [-0.39, 0.29) is 18.9 Å². The molecule has 0 aliphatic carbocycles. The molecule has 1 aromatic rings. The molecule has 0 saturated heterocycles. The summed E-state index contributed by atoms with van der Waals surface area (Å²) in [6.07, 6.45) is 0.103. The number of hydrogen-bond acceptors (Lipinski definition) is 5. The van der Waals surface area contributed by atoms with E-state index in [2.05, 4.69) is 5.32 Å². The van der Waals surface area contributed by atoms with E-state index in [9.17, 15) is 14.4 Å². The van der Waals surface area contributed by atoms with Gasteiger partial charge in [-0.2, -0.15) is 0 Å². The van der Waals surface area contributed by atoms with Crippen molar-refractivity contribution in [2.45, 2.75) is 26.0 Å². The summed E-state index contributed by atoms with van der Waals surface area (Å²) in [5.74, 6) is 4.08. The average Bonchev–Trinajstić information content (AvgIpc) is 2.52. The molecule has 1 rings (SSSR count). The lowest BCUT2D eigenvalue weighted by Gasteiger charge is -2.18. The van der Waals surface area contributed by atoms with Crippen molar-refractivity contribution in [3.63, 3.8) is 0 Å². The van der Waals surface area contributed by atoms with Gasteiger partial charge in [-0.1, -0.05) is 37.3 Å². The van der Waals surface area contributed by atoms with Gasteiger partial charge in [0.25, 0.3) is 5.91 Å². The van der Waals surface area contributed by atoms with E-state index < -0.39 is 18.0 Å². The van der Waals surface area contributed by atoms with Gasteiger partial charge in [-0.15, -0.1) is 0 Å². The van der Waals surface area contributed by atoms with Gasteiger partial charge >= 0.3 is 6.09 Å². The first-order valence-corrected chi connectivity index (χ1v) is 6.49. The standard InChI is InChI=1S/C14H19N3O4/c1-10(8-18)7-12(13(19)17-15)16-14(20)21-9-11-5-3-2-4-6-11/h2-6,8,10,12H,7,9,15H2,1H3,(H,16,20)(H,17,19)/t10?,12-/m0/s1. The smallest absolute Gasteiger partial charge is 0.408 e. The van der Waals surface area contributed by atoms with E-state index in [1.165, 1.54) is 0 Å². The Bertz CT molecular complexity index is 478. The molecule has 0 saturated carbocycles. The van der Waals surface area contributed by atoms with Gasteiger partial charge in [0, 0.05) is 5.92 Å². The Morgan fingerprint density at radius 2 is 2.00 bits per heavy atom. The fourth-order valence-electron chi connectivity index (χ4n) is 1.67. The van der Waals surface area contributed by atoms with Crippen molar-refractivity contribution in [1.29, 1.82) is 0 Å². The monoisotopic (exact) mass is 293 g/mol. The van der Waals surface area contributed by atoms with Gasteiger partial charge in [-0.25, -0.2) is 10.6 Å². The fourth-order valence-corrected chi connectivity index (χ4v) is 1.67. The number of alkyl carbamates (subject to hydrolysis) is 1. The molecule has 1 unspecified atom stereocenters. The van der Waals surface area contributed by atoms with Crippen LogP contribution in [0.5, 0.6) is 0 Å². The number of nitrogens with one attached hydrogen (secondary N) is 2. The van der Waals surface area contributed by atoms with E-state index >= 15 is 0 Å². The van der Waals surface area contributed by atoms with Crippen LogP contribution >= 0.6 is 0 Å². The van der Waals surface area contributed by atoms with Crippen molar-refractivity contribution in [3.8, 4) is 0 Å². The van der Waals surface area contributed by atoms with Gasteiger partial charge in [0.2, 0.25) is 0 Å². The number of hydrogen-bond donors (Lipinski definition) is 3. The Hall–Kier alpha value is -2.41. The minimum absolute atomic E-state index is 0.0902. The molecule has 0 aliphatic rings. The average molecular weight is 293 g/mol. The minimum atomic E-state index is -0.918. The van der Waals surface area contributed by atoms with Crippen molar-refractivity contribution in [2.24, 2.45) is 11.8 Å². The molecule has 2 amide bonds. The highest BCUT2D eigenvalue weighted by atomic mass is 16.5. The third kappa shape index (κ3) is 6.05. The Labute approximate surface area is 122 Å². The molecule has 0 aromatic heterocycles. The van der Waals surface area contributed by atoms with E-state index in [4.69, 9.17) is 10.6 Å². The van der Waals surface area contributed by atoms with E-state index in [0.717, 1.165) is 5.56 Å². The van der Waals surface area contributed by atoms with Gasteiger partial charge in [-0.05, 0) is 12.0 Å². The Kier molecular flexibility index (Phi) is 6.90. The summed E-state index contributed by atoms with van der Waals surface area (Å²) in [7, 11) is 0. The lowest BCUT2D eigenvalue weighted by molar-refractivity contribution is -0.123. The SMILES string of the molecule is CC(C=O)C[C@H](NC(=O)OCc1ccccc1)C(=O)NN. The van der Waals surface area contributed by atoms with Crippen LogP contribution in [0.2, 0.25) is 0 Å². The zero-order valence-electron chi connectivity index (χ0n) is 11.7. The van der Waals surface area contributed by atoms with Crippen LogP contribution in [-0.4, -0.2) is 24.3 Å². The first-order valence-electron chi connectivity index (χ1n) is 6.49. The lowest BCUT2D eigenvalue weighted by atomic mass is 10.0. The number of aldehydes is 1. The second kappa shape index (κ2) is 8.70. The maximum absolute atomic E-state index is 11.7. The summed E-state index contributed by atoms with van der Waals surface area (Å²) in [5, 5.41) is 2.39. The predicted octanol–water partition coefficient (Wildman–Crippen LogP) is 0.496. The maximum Gasteiger partial charge on any atom is 0.408 e. The van der Waals surface area contributed by atoms with Crippen LogP contribution in [0.3, 0.4) is 0 Å². The molecule has 7 heteroatoms. The summed E-state index contributed by atoms with van der Waals surface area (Å²) >= 11 is 0. The van der Waals surface area contributed by atoms with Crippen LogP contribution in [0.15, 0.2) is 30.3 Å². The Morgan fingerprint density at radius 3 is 2.57 bits per heavy atom. The molecular weight excluding hydrogens is 274 g/mol. The molecule has 4 N–H and O–H groups in total. The summed E-state index contributed by atoms with van der Waals surface area (Å²) in [4.78, 5) is 33.9.